The van der Waals surface area contributed by atoms with Crippen molar-refractivity contribution in [2.45, 2.75) is 66.0 Å². The van der Waals surface area contributed by atoms with Crippen LogP contribution in [0.2, 0.25) is 0 Å². The molecule has 3 aromatic rings. The first kappa shape index (κ1) is 25.9. The van der Waals surface area contributed by atoms with Gasteiger partial charge >= 0.3 is 5.97 Å². The quantitative estimate of drug-likeness (QED) is 0.266. The number of nitrogens with zero attached hydrogens (tertiary/aromatic N) is 4. The maximum Gasteiger partial charge on any atom is 0.308 e. The molecule has 1 aliphatic heterocycles. The van der Waals surface area contributed by atoms with Crippen molar-refractivity contribution in [2.24, 2.45) is 4.99 Å². The van der Waals surface area contributed by atoms with Crippen LogP contribution in [0.15, 0.2) is 41.4 Å². The lowest BCUT2D eigenvalue weighted by Crippen LogP contribution is -2.25. The first-order valence-electron chi connectivity index (χ1n) is 12.0. The normalized spacial score (nSPS) is 15.4. The van der Waals surface area contributed by atoms with Crippen molar-refractivity contribution in [3.05, 3.63) is 75.2 Å². The highest BCUT2D eigenvalue weighted by atomic mass is 32.1. The number of aromatic nitrogens is 3. The molecular weight excluding hydrogens is 474 g/mol. The van der Waals surface area contributed by atoms with E-state index in [0.29, 0.717) is 12.4 Å². The Labute approximate surface area is 215 Å². The Morgan fingerprint density at radius 1 is 1.17 bits per heavy atom. The van der Waals surface area contributed by atoms with Crippen molar-refractivity contribution >= 4 is 23.0 Å². The van der Waals surface area contributed by atoms with Crippen LogP contribution in [0.4, 0.5) is 0 Å². The number of ether oxygens (including phenoxy) is 1. The van der Waals surface area contributed by atoms with E-state index in [1.807, 2.05) is 44.4 Å². The third kappa shape index (κ3) is 5.48. The molecule has 3 heterocycles. The van der Waals surface area contributed by atoms with Gasteiger partial charge < -0.3 is 9.94 Å². The maximum atomic E-state index is 12.8. The summed E-state index contributed by atoms with van der Waals surface area (Å²) in [6, 6.07) is 7.80. The predicted molar refractivity (Wildman–Crippen MR) is 141 cm³/mol. The number of carbonyl (C=O) groups is 1. The van der Waals surface area contributed by atoms with E-state index in [1.54, 1.807) is 11.3 Å². The van der Waals surface area contributed by atoms with Crippen LogP contribution >= 0.6 is 11.3 Å². The van der Waals surface area contributed by atoms with Gasteiger partial charge in [0.25, 0.3) is 0 Å². The summed E-state index contributed by atoms with van der Waals surface area (Å²) in [5, 5.41) is 18.5. The monoisotopic (exact) mass is 507 g/mol. The van der Waals surface area contributed by atoms with Gasteiger partial charge in [0.1, 0.15) is 22.5 Å². The second-order valence-electron chi connectivity index (χ2n) is 9.92. The molecule has 8 nitrogen and oxygen atoms in total. The minimum Gasteiger partial charge on any atom is -0.460 e. The van der Waals surface area contributed by atoms with Gasteiger partial charge in [-0.3, -0.25) is 14.4 Å². The number of aliphatic imine (C=N–C) groups is 1. The smallest absolute Gasteiger partial charge is 0.308 e. The summed E-state index contributed by atoms with van der Waals surface area (Å²) >= 11 is 1.69. The molecule has 2 aromatic heterocycles. The zero-order valence-electron chi connectivity index (χ0n) is 21.6. The van der Waals surface area contributed by atoms with Crippen molar-refractivity contribution in [3.8, 4) is 5.00 Å². The summed E-state index contributed by atoms with van der Waals surface area (Å²) in [5.74, 6) is 1.09. The second-order valence-corrected chi connectivity index (χ2v) is 11.1. The van der Waals surface area contributed by atoms with E-state index in [-0.39, 0.29) is 12.4 Å². The molecule has 36 heavy (non-hydrogen) atoms. The van der Waals surface area contributed by atoms with Crippen LogP contribution in [-0.2, 0) is 16.0 Å². The number of allylic oxidation sites excluding steroid dienone is 1. The number of thiophene rings is 1. The minimum absolute atomic E-state index is 0.0770. The van der Waals surface area contributed by atoms with Crippen LogP contribution in [0.3, 0.4) is 0 Å². The molecule has 0 spiro atoms. The third-order valence-corrected chi connectivity index (χ3v) is 7.17. The molecule has 1 atom stereocenters. The van der Waals surface area contributed by atoms with E-state index in [1.165, 1.54) is 4.88 Å². The Kier molecular flexibility index (Phi) is 7.54. The molecule has 0 fully saturated rings. The Morgan fingerprint density at radius 2 is 1.89 bits per heavy atom. The SMILES string of the molecule is Cc1sc2c(c1C)C(c1ccc(CC=CCNO)cc1)=N[C@@H](CC(=O)OC(C)(C)C)c1nnc(C)n1-2. The van der Waals surface area contributed by atoms with Gasteiger partial charge in [0.05, 0.1) is 12.1 Å². The summed E-state index contributed by atoms with van der Waals surface area (Å²) in [5.41, 5.74) is 6.73. The Morgan fingerprint density at radius 3 is 2.56 bits per heavy atom. The highest BCUT2D eigenvalue weighted by Crippen LogP contribution is 2.39. The Bertz CT molecular complexity index is 1310. The molecule has 0 saturated heterocycles. The second kappa shape index (κ2) is 10.5. The fourth-order valence-corrected chi connectivity index (χ4v) is 5.43. The Hall–Kier alpha value is -3.14. The van der Waals surface area contributed by atoms with E-state index >= 15 is 0 Å². The van der Waals surface area contributed by atoms with Crippen molar-refractivity contribution in [2.75, 3.05) is 6.54 Å². The lowest BCUT2D eigenvalue weighted by molar-refractivity contribution is -0.155. The lowest BCUT2D eigenvalue weighted by atomic mass is 9.98. The van der Waals surface area contributed by atoms with Gasteiger partial charge in [-0.2, -0.15) is 0 Å². The summed E-state index contributed by atoms with van der Waals surface area (Å²) in [7, 11) is 0. The Balaban J connectivity index is 1.79. The number of fused-ring (bicyclic) bond motifs is 3. The van der Waals surface area contributed by atoms with Crippen LogP contribution in [0.5, 0.6) is 0 Å². The van der Waals surface area contributed by atoms with Crippen molar-refractivity contribution in [3.63, 3.8) is 0 Å². The standard InChI is InChI=1S/C27H33N5O3S/c1-16-17(2)36-26-23(16)24(20-12-10-19(11-13-20)9-7-8-14-28-34)29-21(15-22(33)35-27(4,5)6)25-31-30-18(3)32(25)26/h7-8,10-13,21,28,34H,9,14-15H2,1-6H3/t21-/m0/s1. The van der Waals surface area contributed by atoms with Crippen LogP contribution in [0.25, 0.3) is 5.00 Å². The molecule has 190 valence electrons. The average molecular weight is 508 g/mol. The zero-order chi connectivity index (χ0) is 26.0. The van der Waals surface area contributed by atoms with Gasteiger partial charge in [0.15, 0.2) is 5.82 Å². The summed E-state index contributed by atoms with van der Waals surface area (Å²) in [4.78, 5) is 19.2. The van der Waals surface area contributed by atoms with Crippen LogP contribution in [0, 0.1) is 20.8 Å². The summed E-state index contributed by atoms with van der Waals surface area (Å²) < 4.78 is 7.67. The molecule has 2 N–H and O–H groups in total. The molecule has 1 aromatic carbocycles. The highest BCUT2D eigenvalue weighted by Gasteiger charge is 2.33. The van der Waals surface area contributed by atoms with Crippen molar-refractivity contribution in [1.29, 1.82) is 0 Å². The lowest BCUT2D eigenvalue weighted by Gasteiger charge is -2.21. The highest BCUT2D eigenvalue weighted by molar-refractivity contribution is 7.15. The average Bonchev–Trinajstić information content (AvgIpc) is 3.28. The molecule has 0 amide bonds. The largest absolute Gasteiger partial charge is 0.460 e. The number of hydroxylamine groups is 1. The van der Waals surface area contributed by atoms with E-state index in [0.717, 1.165) is 45.2 Å². The van der Waals surface area contributed by atoms with Crippen molar-refractivity contribution < 1.29 is 14.7 Å². The maximum absolute atomic E-state index is 12.8. The van der Waals surface area contributed by atoms with E-state index in [9.17, 15) is 4.79 Å². The number of benzene rings is 1. The van der Waals surface area contributed by atoms with Gasteiger partial charge in [0.2, 0.25) is 0 Å². The molecule has 0 bridgehead atoms. The van der Waals surface area contributed by atoms with Gasteiger partial charge in [-0.25, -0.2) is 5.48 Å². The van der Waals surface area contributed by atoms with Crippen LogP contribution in [0.1, 0.15) is 72.0 Å². The third-order valence-electron chi connectivity index (χ3n) is 5.98. The van der Waals surface area contributed by atoms with E-state index < -0.39 is 11.6 Å². The molecule has 1 aliphatic rings. The molecule has 0 aliphatic carbocycles. The minimum atomic E-state index is -0.582. The number of rotatable bonds is 7. The molecular formula is C27H33N5O3S. The molecule has 0 radical (unpaired) electrons. The number of hydrogen-bond donors (Lipinski definition) is 2. The zero-order valence-corrected chi connectivity index (χ0v) is 22.4. The van der Waals surface area contributed by atoms with Crippen molar-refractivity contribution in [1.82, 2.24) is 20.2 Å². The van der Waals surface area contributed by atoms with Gasteiger partial charge in [-0.05, 0) is 59.1 Å². The topological polar surface area (TPSA) is 102 Å². The number of hydrogen-bond acceptors (Lipinski definition) is 8. The fourth-order valence-electron chi connectivity index (χ4n) is 4.22. The van der Waals surface area contributed by atoms with E-state index in [2.05, 4.69) is 53.8 Å². The van der Waals surface area contributed by atoms with E-state index in [4.69, 9.17) is 14.9 Å². The van der Waals surface area contributed by atoms with Gasteiger partial charge in [-0.15, -0.1) is 21.5 Å². The van der Waals surface area contributed by atoms with Gasteiger partial charge in [0, 0.05) is 22.5 Å². The first-order valence-corrected chi connectivity index (χ1v) is 12.8. The molecule has 0 unspecified atom stereocenters. The van der Waals surface area contributed by atoms with Crippen LogP contribution in [-0.4, -0.2) is 43.8 Å². The number of aryl methyl sites for hydroxylation is 2. The summed E-state index contributed by atoms with van der Waals surface area (Å²) in [6.07, 6.45) is 4.73. The predicted octanol–water partition coefficient (Wildman–Crippen LogP) is 4.96. The first-order chi connectivity index (χ1) is 17.1. The molecule has 9 heteroatoms. The van der Waals surface area contributed by atoms with Crippen LogP contribution < -0.4 is 5.48 Å². The molecule has 4 rings (SSSR count). The fraction of sp³-hybridized carbons (Fsp3) is 0.407. The molecule has 0 saturated carbocycles. The number of esters is 1. The number of carbonyl (C=O) groups excluding carboxylic acids is 1. The summed E-state index contributed by atoms with van der Waals surface area (Å²) in [6.45, 7) is 12.1. The van der Waals surface area contributed by atoms with Gasteiger partial charge in [-0.1, -0.05) is 36.4 Å². The number of nitrogens with one attached hydrogen (secondary N) is 1.